The van der Waals surface area contributed by atoms with Crippen LogP contribution in [-0.2, 0) is 29.3 Å². The smallest absolute Gasteiger partial charge is 0.300 e. The van der Waals surface area contributed by atoms with Gasteiger partial charge in [0.05, 0.1) is 16.9 Å². The Bertz CT molecular complexity index is 373. The molecule has 7 heteroatoms. The largest absolute Gasteiger partial charge is 0.348 e. The molecule has 0 amide bonds. The van der Waals surface area contributed by atoms with Crippen LogP contribution >= 0.6 is 0 Å². The monoisotopic (exact) mass is 336 g/mol. The quantitative estimate of drug-likeness (QED) is 0.614. The fraction of sp³-hybridized carbons (Fsp3) is 0.875. The molecule has 0 radical (unpaired) electrons. The zero-order valence-corrected chi connectivity index (χ0v) is 16.0. The number of rotatable bonds is 4. The van der Waals surface area contributed by atoms with Crippen molar-refractivity contribution < 1.29 is 34.5 Å². The van der Waals surface area contributed by atoms with Crippen LogP contribution in [0.25, 0.3) is 0 Å². The summed E-state index contributed by atoms with van der Waals surface area (Å²) in [6.07, 6.45) is 0. The Balaban J connectivity index is 0. The van der Waals surface area contributed by atoms with E-state index in [0.29, 0.717) is 0 Å². The average molecular weight is 336 g/mol. The first-order valence-electron chi connectivity index (χ1n) is 7.48. The van der Waals surface area contributed by atoms with Gasteiger partial charge in [-0.3, -0.25) is 4.89 Å². The summed E-state index contributed by atoms with van der Waals surface area (Å²) in [7, 11) is 0. The maximum atomic E-state index is 11.0. The van der Waals surface area contributed by atoms with E-state index in [1.54, 1.807) is 48.5 Å². The van der Waals surface area contributed by atoms with Gasteiger partial charge in [-0.2, -0.15) is 10.1 Å². The van der Waals surface area contributed by atoms with E-state index in [1.165, 1.54) is 0 Å². The van der Waals surface area contributed by atoms with Crippen molar-refractivity contribution >= 4 is 11.9 Å². The molecule has 0 saturated heterocycles. The Morgan fingerprint density at radius 2 is 1.35 bits per heavy atom. The van der Waals surface area contributed by atoms with Crippen LogP contribution in [0.2, 0.25) is 0 Å². The van der Waals surface area contributed by atoms with E-state index in [2.05, 4.69) is 14.8 Å². The Morgan fingerprint density at radius 3 is 1.57 bits per heavy atom. The van der Waals surface area contributed by atoms with Gasteiger partial charge in [0, 0.05) is 0 Å². The summed E-state index contributed by atoms with van der Waals surface area (Å²) >= 11 is 0. The van der Waals surface area contributed by atoms with E-state index in [0.717, 1.165) is 0 Å². The molecule has 23 heavy (non-hydrogen) atoms. The van der Waals surface area contributed by atoms with Gasteiger partial charge in [0.1, 0.15) is 0 Å². The second kappa shape index (κ2) is 9.20. The van der Waals surface area contributed by atoms with Crippen LogP contribution < -0.4 is 0 Å². The van der Waals surface area contributed by atoms with Crippen molar-refractivity contribution in [1.29, 1.82) is 0 Å². The molecule has 0 rings (SSSR count). The first-order chi connectivity index (χ1) is 10.1. The topological polar surface area (TPSA) is 91.3 Å². The second-order valence-electron chi connectivity index (χ2n) is 8.07. The Labute approximate surface area is 139 Å². The summed E-state index contributed by atoms with van der Waals surface area (Å²) < 4.78 is 0. The van der Waals surface area contributed by atoms with Crippen molar-refractivity contribution in [2.75, 3.05) is 0 Å². The van der Waals surface area contributed by atoms with Gasteiger partial charge >= 0.3 is 11.9 Å². The van der Waals surface area contributed by atoms with Gasteiger partial charge < -0.3 is 4.89 Å². The molecule has 0 atom stereocenters. The van der Waals surface area contributed by atoms with Gasteiger partial charge in [0.2, 0.25) is 0 Å². The highest BCUT2D eigenvalue weighted by atomic mass is 17.5. The molecular weight excluding hydrogens is 304 g/mol. The zero-order chi connectivity index (χ0) is 19.1. The van der Waals surface area contributed by atoms with Gasteiger partial charge in [0.15, 0.2) is 0 Å². The van der Waals surface area contributed by atoms with Gasteiger partial charge in [0.25, 0.3) is 0 Å². The van der Waals surface area contributed by atoms with E-state index in [-0.39, 0.29) is 11.3 Å². The lowest BCUT2D eigenvalue weighted by molar-refractivity contribution is -0.515. The van der Waals surface area contributed by atoms with Gasteiger partial charge in [-0.1, -0.05) is 34.6 Å². The maximum absolute atomic E-state index is 11.0. The van der Waals surface area contributed by atoms with Crippen molar-refractivity contribution in [1.82, 2.24) is 0 Å². The van der Waals surface area contributed by atoms with Gasteiger partial charge in [-0.05, 0) is 45.1 Å². The standard InChI is InChI=1S/C8H16O4.C8H16O3/c1-6(2)7(9)10-12-11-8(3,4)5;1-7(2,3)8(4,5)6(9)11-10/h6H,1-5H3;10H,1-5H3. The fourth-order valence-corrected chi connectivity index (χ4v) is 0.669. The van der Waals surface area contributed by atoms with Crippen LogP contribution in [0.5, 0.6) is 0 Å². The lowest BCUT2D eigenvalue weighted by Gasteiger charge is -2.34. The van der Waals surface area contributed by atoms with E-state index in [4.69, 9.17) is 10.1 Å². The fourth-order valence-electron chi connectivity index (χ4n) is 0.669. The molecule has 0 aromatic heterocycles. The molecule has 1 N–H and O–H groups in total. The summed E-state index contributed by atoms with van der Waals surface area (Å²) in [4.78, 5) is 34.5. The average Bonchev–Trinajstić information content (AvgIpc) is 2.35. The molecule has 0 aromatic rings. The molecule has 0 unspecified atom stereocenters. The van der Waals surface area contributed by atoms with Crippen molar-refractivity contribution in [3.63, 3.8) is 0 Å². The van der Waals surface area contributed by atoms with E-state index in [1.807, 2.05) is 20.8 Å². The molecule has 0 saturated carbocycles. The number of hydrogen-bond donors (Lipinski definition) is 1. The third kappa shape index (κ3) is 10.3. The number of hydrogen-bond acceptors (Lipinski definition) is 7. The number of carbonyl (C=O) groups is 2. The molecule has 0 spiro atoms. The summed E-state index contributed by atoms with van der Waals surface area (Å²) in [5.74, 6) is -1.25. The minimum absolute atomic E-state index is 0.214. The lowest BCUT2D eigenvalue weighted by atomic mass is 9.69. The van der Waals surface area contributed by atoms with E-state index < -0.39 is 23.0 Å². The van der Waals surface area contributed by atoms with Crippen LogP contribution in [0.1, 0.15) is 69.2 Å². The molecule has 0 aliphatic carbocycles. The second-order valence-corrected chi connectivity index (χ2v) is 8.07. The molecule has 7 nitrogen and oxygen atoms in total. The highest BCUT2D eigenvalue weighted by Gasteiger charge is 2.41. The highest BCUT2D eigenvalue weighted by molar-refractivity contribution is 5.76. The molecule has 0 aliphatic rings. The molecule has 138 valence electrons. The van der Waals surface area contributed by atoms with Crippen LogP contribution in [0, 0.1) is 16.7 Å². The van der Waals surface area contributed by atoms with Gasteiger partial charge in [-0.15, -0.1) is 0 Å². The highest BCUT2D eigenvalue weighted by Crippen LogP contribution is 2.38. The Hall–Kier alpha value is -1.18. The minimum atomic E-state index is -0.665. The summed E-state index contributed by atoms with van der Waals surface area (Å²) in [5.41, 5.74) is -1.36. The third-order valence-electron chi connectivity index (χ3n) is 3.34. The summed E-state index contributed by atoms with van der Waals surface area (Å²) in [6.45, 7) is 18.0. The zero-order valence-electron chi connectivity index (χ0n) is 16.0. The maximum Gasteiger partial charge on any atom is 0.348 e. The van der Waals surface area contributed by atoms with E-state index in [9.17, 15) is 9.59 Å². The van der Waals surface area contributed by atoms with Gasteiger partial charge in [-0.25, -0.2) is 9.59 Å². The number of carbonyl (C=O) groups excluding carboxylic acids is 2. The van der Waals surface area contributed by atoms with Crippen molar-refractivity contribution in [3.05, 3.63) is 0 Å². The predicted molar refractivity (Wildman–Crippen MR) is 84.8 cm³/mol. The van der Waals surface area contributed by atoms with Crippen molar-refractivity contribution in [2.45, 2.75) is 74.8 Å². The van der Waals surface area contributed by atoms with Crippen molar-refractivity contribution in [2.24, 2.45) is 16.7 Å². The van der Waals surface area contributed by atoms with E-state index >= 15 is 0 Å². The minimum Gasteiger partial charge on any atom is -0.300 e. The first kappa shape index (κ1) is 24.1. The lowest BCUT2D eigenvalue weighted by Crippen LogP contribution is -2.38. The predicted octanol–water partition coefficient (Wildman–Crippen LogP) is 3.92. The molecular formula is C16H32O7. The summed E-state index contributed by atoms with van der Waals surface area (Å²) in [5, 5.41) is 12.5. The Morgan fingerprint density at radius 1 is 0.913 bits per heavy atom. The van der Waals surface area contributed by atoms with Crippen LogP contribution in [-0.4, -0.2) is 22.8 Å². The Kier molecular flexibility index (Phi) is 9.63. The molecule has 0 bridgehead atoms. The van der Waals surface area contributed by atoms with Crippen LogP contribution in [0.4, 0.5) is 0 Å². The van der Waals surface area contributed by atoms with Crippen LogP contribution in [0.15, 0.2) is 0 Å². The molecule has 0 fully saturated rings. The third-order valence-corrected chi connectivity index (χ3v) is 3.34. The molecule has 0 aromatic carbocycles. The summed E-state index contributed by atoms with van der Waals surface area (Å²) in [6, 6.07) is 0. The molecule has 0 heterocycles. The first-order valence-corrected chi connectivity index (χ1v) is 7.48. The van der Waals surface area contributed by atoms with Crippen LogP contribution in [0.3, 0.4) is 0 Å². The SMILES string of the molecule is CC(C)(C)C(C)(C)C(=O)OO.CC(C)C(=O)OOOC(C)(C)C. The van der Waals surface area contributed by atoms with Crippen molar-refractivity contribution in [3.8, 4) is 0 Å². The normalized spacial score (nSPS) is 12.3. The molecule has 0 aliphatic heterocycles.